The van der Waals surface area contributed by atoms with Crippen LogP contribution in [0.3, 0.4) is 0 Å². The molecule has 2 aromatic carbocycles. The second kappa shape index (κ2) is 28.9. The molecule has 4 rings (SSSR count). The second-order valence-corrected chi connectivity index (χ2v) is 16.8. The highest BCUT2D eigenvalue weighted by Crippen LogP contribution is 2.24. The molecule has 62 heavy (non-hydrogen) atoms. The van der Waals surface area contributed by atoms with Crippen LogP contribution in [0.2, 0.25) is 0 Å². The summed E-state index contributed by atoms with van der Waals surface area (Å²) in [7, 11) is 5.20. The van der Waals surface area contributed by atoms with Gasteiger partial charge in [-0.3, -0.25) is 9.59 Å². The minimum absolute atomic E-state index is 0.0188. The smallest absolute Gasteiger partial charge is 0.408 e. The predicted octanol–water partition coefficient (Wildman–Crippen LogP) is 4.14. The minimum atomic E-state index is -1.08. The van der Waals surface area contributed by atoms with Gasteiger partial charge in [0, 0.05) is 11.5 Å². The zero-order valence-electron chi connectivity index (χ0n) is 35.1. The van der Waals surface area contributed by atoms with Crippen LogP contribution in [0.4, 0.5) is 9.59 Å². The molecule has 0 radical (unpaired) electrons. The molecular formula is C42H58N4O14S2. The van der Waals surface area contributed by atoms with E-state index >= 15 is 0 Å². The molecule has 4 amide bonds. The number of amides is 4. The first-order valence-corrected chi connectivity index (χ1v) is 23.1. The van der Waals surface area contributed by atoms with Crippen LogP contribution < -0.4 is 21.3 Å². The Kier molecular flexibility index (Phi) is 23.3. The number of nitrogens with one attached hydrogen (secondary N) is 4. The molecule has 18 nitrogen and oxygen atoms in total. The zero-order valence-corrected chi connectivity index (χ0v) is 36.7. The molecule has 2 aliphatic heterocycles. The van der Waals surface area contributed by atoms with E-state index < -0.39 is 60.1 Å². The van der Waals surface area contributed by atoms with E-state index in [1.165, 1.54) is 35.8 Å². The Hall–Kier alpha value is -4.60. The van der Waals surface area contributed by atoms with Crippen molar-refractivity contribution < 1.29 is 66.7 Å². The Labute approximate surface area is 369 Å². The van der Waals surface area contributed by atoms with Crippen LogP contribution in [-0.2, 0) is 70.3 Å². The van der Waals surface area contributed by atoms with Crippen molar-refractivity contribution in [1.82, 2.24) is 21.3 Å². The fourth-order valence-corrected chi connectivity index (χ4v) is 8.44. The number of benzene rings is 2. The van der Waals surface area contributed by atoms with Gasteiger partial charge in [0.2, 0.25) is 11.8 Å². The number of alkyl carbamates (subject to hydrolysis) is 2. The van der Waals surface area contributed by atoms with Crippen molar-refractivity contribution in [2.24, 2.45) is 0 Å². The molecule has 0 saturated carbocycles. The van der Waals surface area contributed by atoms with E-state index in [9.17, 15) is 28.8 Å². The summed E-state index contributed by atoms with van der Waals surface area (Å²) in [6.45, 7) is 1.94. The normalized spacial score (nSPS) is 16.0. The van der Waals surface area contributed by atoms with Crippen LogP contribution in [0, 0.1) is 0 Å². The van der Waals surface area contributed by atoms with Crippen molar-refractivity contribution in [3.8, 4) is 0 Å². The molecule has 4 atom stereocenters. The lowest BCUT2D eigenvalue weighted by Crippen LogP contribution is -2.52. The van der Waals surface area contributed by atoms with E-state index in [0.29, 0.717) is 63.6 Å². The molecular weight excluding hydrogens is 849 g/mol. The summed E-state index contributed by atoms with van der Waals surface area (Å²) in [4.78, 5) is 78.4. The molecule has 0 spiro atoms. The maximum absolute atomic E-state index is 13.6. The average Bonchev–Trinajstić information content (AvgIpc) is 4.02. The predicted molar refractivity (Wildman–Crippen MR) is 228 cm³/mol. The fourth-order valence-electron chi connectivity index (χ4n) is 6.25. The number of carbonyl (C=O) groups is 6. The summed E-state index contributed by atoms with van der Waals surface area (Å²) in [6.07, 6.45) is 0.467. The van der Waals surface area contributed by atoms with Gasteiger partial charge in [0.05, 0.1) is 40.6 Å². The van der Waals surface area contributed by atoms with Crippen molar-refractivity contribution >= 4 is 57.5 Å². The highest BCUT2D eigenvalue weighted by molar-refractivity contribution is 8.76. The largest absolute Gasteiger partial charge is 0.467 e. The maximum Gasteiger partial charge on any atom is 0.408 e. The first kappa shape index (κ1) is 50.0. The monoisotopic (exact) mass is 906 g/mol. The second-order valence-electron chi connectivity index (χ2n) is 14.1. The van der Waals surface area contributed by atoms with E-state index in [1.807, 2.05) is 36.4 Å². The van der Waals surface area contributed by atoms with Gasteiger partial charge in [-0.1, -0.05) is 82.3 Å². The molecule has 4 unspecified atom stereocenters. The molecule has 0 aliphatic carbocycles. The van der Waals surface area contributed by atoms with E-state index in [2.05, 4.69) is 21.3 Å². The number of esters is 2. The number of methoxy groups -OCH3 is 2. The molecule has 2 saturated heterocycles. The summed E-state index contributed by atoms with van der Waals surface area (Å²) >= 11 is 0. The summed E-state index contributed by atoms with van der Waals surface area (Å²) in [6, 6.07) is 14.0. The number of rotatable bonds is 27. The van der Waals surface area contributed by atoms with Gasteiger partial charge in [-0.05, 0) is 62.5 Å². The molecule has 342 valence electrons. The lowest BCUT2D eigenvalue weighted by molar-refractivity contribution is -0.146. The highest BCUT2D eigenvalue weighted by atomic mass is 33.1. The topological polar surface area (TPSA) is 224 Å². The van der Waals surface area contributed by atoms with E-state index in [1.54, 1.807) is 24.3 Å². The van der Waals surface area contributed by atoms with Gasteiger partial charge in [0.1, 0.15) is 37.4 Å². The molecule has 2 aliphatic rings. The van der Waals surface area contributed by atoms with Gasteiger partial charge in [0.25, 0.3) is 0 Å². The minimum Gasteiger partial charge on any atom is -0.467 e. The number of carbonyl (C=O) groups excluding carboxylic acids is 6. The van der Waals surface area contributed by atoms with Crippen molar-refractivity contribution in [2.45, 2.75) is 101 Å². The average molecular weight is 907 g/mol. The van der Waals surface area contributed by atoms with E-state index in [-0.39, 0.29) is 51.5 Å². The van der Waals surface area contributed by atoms with Gasteiger partial charge in [-0.25, -0.2) is 19.2 Å². The van der Waals surface area contributed by atoms with Crippen LogP contribution in [0.5, 0.6) is 0 Å². The van der Waals surface area contributed by atoms with Crippen LogP contribution >= 0.6 is 21.6 Å². The van der Waals surface area contributed by atoms with Crippen LogP contribution in [-0.4, -0.2) is 125 Å². The third kappa shape index (κ3) is 19.2. The number of ether oxygens (including phenoxy) is 8. The van der Waals surface area contributed by atoms with Gasteiger partial charge in [-0.2, -0.15) is 0 Å². The zero-order chi connectivity index (χ0) is 44.4. The van der Waals surface area contributed by atoms with Crippen LogP contribution in [0.1, 0.15) is 62.5 Å². The third-order valence-corrected chi connectivity index (χ3v) is 12.0. The molecule has 20 heteroatoms. The van der Waals surface area contributed by atoms with Crippen LogP contribution in [0.15, 0.2) is 60.7 Å². The summed E-state index contributed by atoms with van der Waals surface area (Å²) in [5.41, 5.74) is 1.51. The van der Waals surface area contributed by atoms with Crippen molar-refractivity contribution in [3.05, 3.63) is 71.8 Å². The number of hydrogen-bond acceptors (Lipinski definition) is 16. The molecule has 0 aromatic heterocycles. The molecule has 2 aromatic rings. The lowest BCUT2D eigenvalue weighted by atomic mass is 10.1. The van der Waals surface area contributed by atoms with E-state index in [4.69, 9.17) is 37.9 Å². The first-order chi connectivity index (χ1) is 30.1. The Morgan fingerprint density at radius 3 is 1.27 bits per heavy atom. The molecule has 2 fully saturated rings. The van der Waals surface area contributed by atoms with Crippen molar-refractivity contribution in [1.29, 1.82) is 0 Å². The molecule has 0 bridgehead atoms. The highest BCUT2D eigenvalue weighted by Gasteiger charge is 2.30. The summed E-state index contributed by atoms with van der Waals surface area (Å²) in [5.74, 6) is -1.77. The fraction of sp³-hybridized carbons (Fsp3) is 0.571. The maximum atomic E-state index is 13.6. The van der Waals surface area contributed by atoms with Gasteiger partial charge in [0.15, 0.2) is 12.6 Å². The van der Waals surface area contributed by atoms with Crippen LogP contribution in [0.25, 0.3) is 0 Å². The quantitative estimate of drug-likeness (QED) is 0.0428. The molecule has 2 heterocycles. The molecule has 4 N–H and O–H groups in total. The Bertz CT molecular complexity index is 1550. The Balaban J connectivity index is 1.33. The Morgan fingerprint density at radius 2 is 0.919 bits per heavy atom. The lowest BCUT2D eigenvalue weighted by Gasteiger charge is -2.23. The number of hydrogen-bond donors (Lipinski definition) is 4. The summed E-state index contributed by atoms with van der Waals surface area (Å²) < 4.78 is 42.6. The summed E-state index contributed by atoms with van der Waals surface area (Å²) in [5, 5.41) is 10.7. The van der Waals surface area contributed by atoms with Gasteiger partial charge < -0.3 is 59.2 Å². The first-order valence-electron chi connectivity index (χ1n) is 20.6. The van der Waals surface area contributed by atoms with Gasteiger partial charge >= 0.3 is 24.1 Å². The van der Waals surface area contributed by atoms with Crippen molar-refractivity contribution in [3.63, 3.8) is 0 Å². The van der Waals surface area contributed by atoms with Gasteiger partial charge in [-0.15, -0.1) is 0 Å². The SMILES string of the molecule is COC(=O)C(CCCC1OCCO1)NC(=O)C(CCSSCCC(NC(=O)OCc1ccccc1)C(=O)NC(CCCC1OCCO1)C(=O)OC)NC(=O)OCc1ccccc1. The standard InChI is InChI=1S/C42H58N4O14S2/c1-53-39(49)33(15-9-17-35-55-21-22-56-35)43-37(47)31(45-41(51)59-27-29-11-5-3-6-12-29)19-25-61-62-26-20-32(46-42(52)60-28-30-13-7-4-8-14-30)38(48)44-34(40(50)54-2)16-10-18-36-57-23-24-58-36/h3-8,11-14,31-36H,9-10,15-28H2,1-2H3,(H,43,47)(H,44,48)(H,45,51)(H,46,52). The van der Waals surface area contributed by atoms with Crippen molar-refractivity contribution in [2.75, 3.05) is 52.2 Å². The Morgan fingerprint density at radius 1 is 0.548 bits per heavy atom. The van der Waals surface area contributed by atoms with E-state index in [0.717, 1.165) is 11.1 Å². The third-order valence-electron chi connectivity index (χ3n) is 9.56.